The molecular weight excluding hydrogens is 282 g/mol. The van der Waals surface area contributed by atoms with Crippen molar-refractivity contribution >= 4 is 33.1 Å². The molecule has 5 heteroatoms. The number of carbonyl (C=O) groups is 1. The van der Waals surface area contributed by atoms with Crippen molar-refractivity contribution < 1.29 is 4.79 Å². The second-order valence-corrected chi connectivity index (χ2v) is 7.16. The quantitative estimate of drug-likeness (QED) is 0.909. The monoisotopic (exact) mass is 303 g/mol. The maximum atomic E-state index is 12.4. The molecule has 0 aromatic carbocycles. The molecule has 0 spiro atoms. The number of hydrogen-bond donors (Lipinski definition) is 2. The average molecular weight is 303 g/mol. The number of nitrogens with zero attached hydrogens (tertiary/aromatic N) is 1. The molecular formula is C16H21N3OS. The van der Waals surface area contributed by atoms with E-state index in [-0.39, 0.29) is 11.9 Å². The van der Waals surface area contributed by atoms with Crippen molar-refractivity contribution in [3.05, 3.63) is 22.2 Å². The minimum absolute atomic E-state index is 0.0688. The Morgan fingerprint density at radius 3 is 2.90 bits per heavy atom. The minimum Gasteiger partial charge on any atom is -0.397 e. The molecule has 1 unspecified atom stereocenters. The number of amides is 1. The first kappa shape index (κ1) is 14.3. The van der Waals surface area contributed by atoms with Gasteiger partial charge < -0.3 is 11.1 Å². The van der Waals surface area contributed by atoms with Crippen LogP contribution in [0.15, 0.2) is 6.07 Å². The van der Waals surface area contributed by atoms with Crippen LogP contribution in [0.4, 0.5) is 5.69 Å². The molecule has 1 aliphatic carbocycles. The highest BCUT2D eigenvalue weighted by Crippen LogP contribution is 2.36. The molecule has 1 fully saturated rings. The van der Waals surface area contributed by atoms with E-state index in [0.29, 0.717) is 10.6 Å². The van der Waals surface area contributed by atoms with E-state index in [9.17, 15) is 4.79 Å². The summed E-state index contributed by atoms with van der Waals surface area (Å²) in [5.74, 6) is 0.729. The van der Waals surface area contributed by atoms with Gasteiger partial charge in [0.25, 0.3) is 5.91 Å². The van der Waals surface area contributed by atoms with Crippen molar-refractivity contribution in [2.45, 2.75) is 46.1 Å². The largest absolute Gasteiger partial charge is 0.397 e. The van der Waals surface area contributed by atoms with Crippen molar-refractivity contribution in [1.29, 1.82) is 0 Å². The van der Waals surface area contributed by atoms with Gasteiger partial charge in [-0.05, 0) is 44.7 Å². The van der Waals surface area contributed by atoms with Gasteiger partial charge in [0.1, 0.15) is 9.71 Å². The molecule has 0 radical (unpaired) electrons. The van der Waals surface area contributed by atoms with Crippen LogP contribution in [-0.2, 0) is 0 Å². The summed E-state index contributed by atoms with van der Waals surface area (Å²) in [5.41, 5.74) is 8.79. The molecule has 1 amide bonds. The highest BCUT2D eigenvalue weighted by Gasteiger charge is 2.25. The van der Waals surface area contributed by atoms with Crippen LogP contribution in [0.25, 0.3) is 10.2 Å². The van der Waals surface area contributed by atoms with Gasteiger partial charge in [-0.3, -0.25) is 4.79 Å². The number of anilines is 1. The summed E-state index contributed by atoms with van der Waals surface area (Å²) in [5, 5.41) is 3.99. The Labute approximate surface area is 128 Å². The fraction of sp³-hybridized carbons (Fsp3) is 0.500. The van der Waals surface area contributed by atoms with E-state index in [0.717, 1.165) is 33.8 Å². The molecule has 0 bridgehead atoms. The number of rotatable bonds is 4. The maximum absolute atomic E-state index is 12.4. The zero-order chi connectivity index (χ0) is 15.1. The van der Waals surface area contributed by atoms with Gasteiger partial charge in [0, 0.05) is 17.1 Å². The second-order valence-electron chi connectivity index (χ2n) is 6.16. The number of thiophene rings is 1. The number of aromatic nitrogens is 1. The van der Waals surface area contributed by atoms with E-state index in [1.54, 1.807) is 0 Å². The van der Waals surface area contributed by atoms with Crippen LogP contribution in [-0.4, -0.2) is 16.9 Å². The molecule has 2 heterocycles. The van der Waals surface area contributed by atoms with Crippen LogP contribution in [0.5, 0.6) is 0 Å². The van der Waals surface area contributed by atoms with Gasteiger partial charge in [-0.2, -0.15) is 0 Å². The fourth-order valence-corrected chi connectivity index (χ4v) is 3.96. The van der Waals surface area contributed by atoms with E-state index in [2.05, 4.69) is 17.2 Å². The van der Waals surface area contributed by atoms with Crippen molar-refractivity contribution in [3.63, 3.8) is 0 Å². The summed E-state index contributed by atoms with van der Waals surface area (Å²) in [6.45, 7) is 6.03. The number of pyridine rings is 1. The predicted octanol–water partition coefficient (Wildman–Crippen LogP) is 3.41. The van der Waals surface area contributed by atoms with Gasteiger partial charge in [-0.25, -0.2) is 4.98 Å². The molecule has 112 valence electrons. The molecule has 3 N–H and O–H groups in total. The van der Waals surface area contributed by atoms with Crippen molar-refractivity contribution in [2.75, 3.05) is 5.73 Å². The highest BCUT2D eigenvalue weighted by atomic mass is 32.1. The average Bonchev–Trinajstić information content (AvgIpc) is 3.11. The second kappa shape index (κ2) is 5.30. The van der Waals surface area contributed by atoms with Gasteiger partial charge >= 0.3 is 0 Å². The summed E-state index contributed by atoms with van der Waals surface area (Å²) in [6.07, 6.45) is 3.66. The molecule has 0 aliphatic heterocycles. The number of nitrogens with one attached hydrogen (secondary N) is 1. The summed E-state index contributed by atoms with van der Waals surface area (Å²) >= 11 is 1.39. The molecule has 4 nitrogen and oxygen atoms in total. The molecule has 0 saturated heterocycles. The van der Waals surface area contributed by atoms with Crippen molar-refractivity contribution in [2.24, 2.45) is 5.92 Å². The molecule has 3 rings (SSSR count). The standard InChI is InChI=1S/C16H21N3OS/c1-8-6-9(2)19-16-12(8)13(17)14(21-16)15(20)18-10(3)7-11-4-5-11/h6,10-11H,4-5,7,17H2,1-3H3,(H,18,20). The number of carbonyl (C=O) groups excluding carboxylic acids is 1. The Bertz CT molecular complexity index is 703. The highest BCUT2D eigenvalue weighted by molar-refractivity contribution is 7.21. The normalized spacial score (nSPS) is 16.1. The van der Waals surface area contributed by atoms with Crippen molar-refractivity contribution in [1.82, 2.24) is 10.3 Å². The number of nitrogen functional groups attached to an aromatic ring is 1. The number of nitrogens with two attached hydrogens (primary N) is 1. The van der Waals surface area contributed by atoms with Gasteiger partial charge in [0.15, 0.2) is 0 Å². The maximum Gasteiger partial charge on any atom is 0.263 e. The lowest BCUT2D eigenvalue weighted by Crippen LogP contribution is -2.32. The Kier molecular flexibility index (Phi) is 3.61. The van der Waals surface area contributed by atoms with E-state index < -0.39 is 0 Å². The lowest BCUT2D eigenvalue weighted by Gasteiger charge is -2.12. The van der Waals surface area contributed by atoms with E-state index in [1.165, 1.54) is 24.2 Å². The molecule has 1 atom stereocenters. The van der Waals surface area contributed by atoms with Crippen LogP contribution < -0.4 is 11.1 Å². The van der Waals surface area contributed by atoms with Crippen LogP contribution in [0, 0.1) is 19.8 Å². The topological polar surface area (TPSA) is 68.0 Å². The number of aryl methyl sites for hydroxylation is 2. The third-order valence-electron chi connectivity index (χ3n) is 3.99. The Morgan fingerprint density at radius 2 is 2.24 bits per heavy atom. The fourth-order valence-electron chi connectivity index (χ4n) is 2.84. The van der Waals surface area contributed by atoms with E-state index in [1.807, 2.05) is 19.9 Å². The van der Waals surface area contributed by atoms with E-state index in [4.69, 9.17) is 5.73 Å². The van der Waals surface area contributed by atoms with Crippen LogP contribution in [0.1, 0.15) is 47.1 Å². The van der Waals surface area contributed by atoms with Gasteiger partial charge in [-0.15, -0.1) is 11.3 Å². The minimum atomic E-state index is -0.0688. The first-order chi connectivity index (χ1) is 9.95. The lowest BCUT2D eigenvalue weighted by atomic mass is 10.1. The molecule has 2 aromatic rings. The van der Waals surface area contributed by atoms with Crippen LogP contribution >= 0.6 is 11.3 Å². The van der Waals surface area contributed by atoms with Gasteiger partial charge in [0.05, 0.1) is 5.69 Å². The summed E-state index contributed by atoms with van der Waals surface area (Å²) in [4.78, 5) is 18.4. The van der Waals surface area contributed by atoms with Crippen LogP contribution in [0.3, 0.4) is 0 Å². The van der Waals surface area contributed by atoms with Crippen molar-refractivity contribution in [3.8, 4) is 0 Å². The SMILES string of the molecule is Cc1cc(C)c2c(N)c(C(=O)NC(C)CC3CC3)sc2n1. The summed E-state index contributed by atoms with van der Waals surface area (Å²) in [7, 11) is 0. The van der Waals surface area contributed by atoms with E-state index >= 15 is 0 Å². The first-order valence-electron chi connectivity index (χ1n) is 7.42. The third kappa shape index (κ3) is 2.88. The molecule has 2 aromatic heterocycles. The smallest absolute Gasteiger partial charge is 0.263 e. The zero-order valence-corrected chi connectivity index (χ0v) is 13.5. The zero-order valence-electron chi connectivity index (χ0n) is 12.7. The summed E-state index contributed by atoms with van der Waals surface area (Å²) < 4.78 is 0. The van der Waals surface area contributed by atoms with Gasteiger partial charge in [-0.1, -0.05) is 12.8 Å². The summed E-state index contributed by atoms with van der Waals surface area (Å²) in [6, 6.07) is 2.20. The predicted molar refractivity (Wildman–Crippen MR) is 87.8 cm³/mol. The van der Waals surface area contributed by atoms with Crippen LogP contribution in [0.2, 0.25) is 0 Å². The molecule has 21 heavy (non-hydrogen) atoms. The number of hydrogen-bond acceptors (Lipinski definition) is 4. The molecule has 1 aliphatic rings. The Hall–Kier alpha value is -1.62. The third-order valence-corrected chi connectivity index (χ3v) is 5.09. The number of fused-ring (bicyclic) bond motifs is 1. The Balaban J connectivity index is 1.87. The molecule has 1 saturated carbocycles. The first-order valence-corrected chi connectivity index (χ1v) is 8.24. The van der Waals surface area contributed by atoms with Gasteiger partial charge in [0.2, 0.25) is 0 Å². The lowest BCUT2D eigenvalue weighted by molar-refractivity contribution is 0.0942. The Morgan fingerprint density at radius 1 is 1.52 bits per heavy atom.